The molecule has 0 aromatic heterocycles. The average Bonchev–Trinajstić information content (AvgIpc) is 2.96. The molecule has 9 heteroatoms. The molecule has 23 heavy (non-hydrogen) atoms. The third-order valence-electron chi connectivity index (χ3n) is 3.70. The maximum Gasteiger partial charge on any atom is 0.339 e. The molecule has 2 rings (SSSR count). The van der Waals surface area contributed by atoms with Crippen molar-refractivity contribution >= 4 is 28.4 Å². The summed E-state index contributed by atoms with van der Waals surface area (Å²) < 4.78 is 45.1. The molecule has 1 aliphatic rings. The molecule has 130 valence electrons. The van der Waals surface area contributed by atoms with Gasteiger partial charge < -0.3 is 10.1 Å². The fourth-order valence-corrected chi connectivity index (χ4v) is 4.57. The van der Waals surface area contributed by atoms with Gasteiger partial charge in [0, 0.05) is 19.1 Å². The van der Waals surface area contributed by atoms with Crippen LogP contribution in [0.1, 0.15) is 23.2 Å². The summed E-state index contributed by atoms with van der Waals surface area (Å²) in [6.07, 6.45) is 1.46. The van der Waals surface area contributed by atoms with E-state index in [2.05, 4.69) is 10.1 Å². The zero-order valence-corrected chi connectivity index (χ0v) is 14.5. The topological polar surface area (TPSA) is 75.7 Å². The molecule has 0 radical (unpaired) electrons. The van der Waals surface area contributed by atoms with Crippen LogP contribution in [-0.2, 0) is 14.8 Å². The van der Waals surface area contributed by atoms with Crippen LogP contribution in [0.2, 0.25) is 0 Å². The molecule has 1 aliphatic heterocycles. The van der Waals surface area contributed by atoms with Crippen LogP contribution in [-0.4, -0.2) is 52.0 Å². The molecule has 0 spiro atoms. The van der Waals surface area contributed by atoms with Gasteiger partial charge in [0.15, 0.2) is 0 Å². The predicted molar refractivity (Wildman–Crippen MR) is 85.8 cm³/mol. The molecule has 0 aliphatic carbocycles. The largest absolute Gasteiger partial charge is 0.465 e. The van der Waals surface area contributed by atoms with Crippen molar-refractivity contribution in [1.29, 1.82) is 0 Å². The Kier molecular flexibility index (Phi) is 6.94. The van der Waals surface area contributed by atoms with Crippen molar-refractivity contribution in [1.82, 2.24) is 9.62 Å². The number of carbonyl (C=O) groups excluding carboxylic acids is 1. The fraction of sp³-hybridized carbons (Fsp3) is 0.500. The minimum absolute atomic E-state index is 0. The van der Waals surface area contributed by atoms with Crippen LogP contribution in [0.15, 0.2) is 23.1 Å². The molecule has 1 atom stereocenters. The monoisotopic (exact) mass is 366 g/mol. The van der Waals surface area contributed by atoms with Gasteiger partial charge in [0.05, 0.1) is 17.6 Å². The summed E-state index contributed by atoms with van der Waals surface area (Å²) in [5, 5.41) is 2.95. The van der Waals surface area contributed by atoms with E-state index in [4.69, 9.17) is 0 Å². The van der Waals surface area contributed by atoms with Gasteiger partial charge in [-0.3, -0.25) is 0 Å². The number of ether oxygens (including phenoxy) is 1. The van der Waals surface area contributed by atoms with E-state index in [0.29, 0.717) is 13.1 Å². The van der Waals surface area contributed by atoms with Gasteiger partial charge in [-0.15, -0.1) is 12.4 Å². The molecule has 1 fully saturated rings. The minimum atomic E-state index is -3.97. The molecular formula is C14H20ClFN2O4S. The van der Waals surface area contributed by atoms with Crippen molar-refractivity contribution in [3.8, 4) is 0 Å². The van der Waals surface area contributed by atoms with Crippen molar-refractivity contribution in [2.24, 2.45) is 0 Å². The van der Waals surface area contributed by atoms with Gasteiger partial charge in [0.25, 0.3) is 0 Å². The van der Waals surface area contributed by atoms with Crippen LogP contribution in [0.25, 0.3) is 0 Å². The van der Waals surface area contributed by atoms with E-state index in [1.807, 2.05) is 0 Å². The minimum Gasteiger partial charge on any atom is -0.465 e. The van der Waals surface area contributed by atoms with Crippen molar-refractivity contribution in [2.45, 2.75) is 23.8 Å². The molecule has 1 unspecified atom stereocenters. The number of hydrogen-bond donors (Lipinski definition) is 1. The second-order valence-electron chi connectivity index (χ2n) is 5.10. The van der Waals surface area contributed by atoms with Gasteiger partial charge >= 0.3 is 5.97 Å². The second-order valence-corrected chi connectivity index (χ2v) is 6.96. The highest BCUT2D eigenvalue weighted by Gasteiger charge is 2.37. The Morgan fingerprint density at radius 3 is 2.78 bits per heavy atom. The van der Waals surface area contributed by atoms with Gasteiger partial charge in [-0.25, -0.2) is 17.6 Å². The normalized spacial score (nSPS) is 18.5. The number of methoxy groups -OCH3 is 1. The highest BCUT2D eigenvalue weighted by Crippen LogP contribution is 2.28. The van der Waals surface area contributed by atoms with Crippen LogP contribution in [0.4, 0.5) is 4.39 Å². The lowest BCUT2D eigenvalue weighted by atomic mass is 10.2. The standard InChI is InChI=1S/C14H19FN2O4S.ClH/c1-16-9-11-4-3-7-17(11)22(19,20)13-8-10(15)5-6-12(13)14(18)21-2;/h5-6,8,11,16H,3-4,7,9H2,1-2H3;1H. The van der Waals surface area contributed by atoms with E-state index >= 15 is 0 Å². The Morgan fingerprint density at radius 1 is 1.48 bits per heavy atom. The number of halogens is 2. The quantitative estimate of drug-likeness (QED) is 0.797. The SMILES string of the molecule is CNCC1CCCN1S(=O)(=O)c1cc(F)ccc1C(=O)OC.Cl. The van der Waals surface area contributed by atoms with Gasteiger partial charge in [-0.05, 0) is 38.1 Å². The molecule has 0 saturated carbocycles. The molecule has 1 saturated heterocycles. The molecule has 1 N–H and O–H groups in total. The Morgan fingerprint density at radius 2 is 2.17 bits per heavy atom. The Hall–Kier alpha value is -1.22. The molecule has 0 bridgehead atoms. The summed E-state index contributed by atoms with van der Waals surface area (Å²) in [5.41, 5.74) is -0.154. The number of nitrogens with zero attached hydrogens (tertiary/aromatic N) is 1. The van der Waals surface area contributed by atoms with Crippen molar-refractivity contribution in [3.05, 3.63) is 29.6 Å². The van der Waals surface area contributed by atoms with E-state index in [0.717, 1.165) is 38.2 Å². The van der Waals surface area contributed by atoms with Crippen LogP contribution < -0.4 is 5.32 Å². The lowest BCUT2D eigenvalue weighted by Gasteiger charge is -2.24. The maximum atomic E-state index is 13.5. The summed E-state index contributed by atoms with van der Waals surface area (Å²) in [6, 6.07) is 2.84. The third-order valence-corrected chi connectivity index (χ3v) is 5.69. The van der Waals surface area contributed by atoms with Crippen LogP contribution in [0.3, 0.4) is 0 Å². The zero-order chi connectivity index (χ0) is 16.3. The van der Waals surface area contributed by atoms with Gasteiger partial charge in [-0.2, -0.15) is 4.31 Å². The van der Waals surface area contributed by atoms with Crippen LogP contribution in [0, 0.1) is 5.82 Å². The number of likely N-dealkylation sites (N-methyl/N-ethyl adjacent to an activating group) is 1. The average molecular weight is 367 g/mol. The predicted octanol–water partition coefficient (Wildman–Crippen LogP) is 1.41. The van der Waals surface area contributed by atoms with E-state index in [1.54, 1.807) is 7.05 Å². The van der Waals surface area contributed by atoms with Gasteiger partial charge in [0.2, 0.25) is 10.0 Å². The second kappa shape index (κ2) is 8.05. The van der Waals surface area contributed by atoms with E-state index in [1.165, 1.54) is 4.31 Å². The molecular weight excluding hydrogens is 347 g/mol. The van der Waals surface area contributed by atoms with Crippen molar-refractivity contribution in [2.75, 3.05) is 27.2 Å². The molecule has 1 aromatic carbocycles. The van der Waals surface area contributed by atoms with Crippen LogP contribution in [0.5, 0.6) is 0 Å². The zero-order valence-electron chi connectivity index (χ0n) is 12.9. The number of nitrogens with one attached hydrogen (secondary N) is 1. The molecule has 0 amide bonds. The number of benzene rings is 1. The number of hydrogen-bond acceptors (Lipinski definition) is 5. The number of esters is 1. The first-order valence-corrected chi connectivity index (χ1v) is 8.40. The number of carbonyl (C=O) groups is 1. The summed E-state index contributed by atoms with van der Waals surface area (Å²) in [6.45, 7) is 0.855. The Balaban J connectivity index is 0.00000264. The third kappa shape index (κ3) is 4.00. The highest BCUT2D eigenvalue weighted by atomic mass is 35.5. The first kappa shape index (κ1) is 19.8. The summed E-state index contributed by atoms with van der Waals surface area (Å²) in [5.74, 6) is -1.52. The smallest absolute Gasteiger partial charge is 0.339 e. The highest BCUT2D eigenvalue weighted by molar-refractivity contribution is 7.89. The van der Waals surface area contributed by atoms with Gasteiger partial charge in [0.1, 0.15) is 5.82 Å². The maximum absolute atomic E-state index is 13.5. The first-order valence-electron chi connectivity index (χ1n) is 6.96. The van der Waals surface area contributed by atoms with Gasteiger partial charge in [-0.1, -0.05) is 0 Å². The lowest BCUT2D eigenvalue weighted by Crippen LogP contribution is -2.41. The number of rotatable bonds is 5. The van der Waals surface area contributed by atoms with E-state index in [9.17, 15) is 17.6 Å². The first-order chi connectivity index (χ1) is 10.4. The van der Waals surface area contributed by atoms with Crippen molar-refractivity contribution < 1.29 is 22.3 Å². The summed E-state index contributed by atoms with van der Waals surface area (Å²) >= 11 is 0. The molecule has 6 nitrogen and oxygen atoms in total. The summed E-state index contributed by atoms with van der Waals surface area (Å²) in [4.78, 5) is 11.4. The number of sulfonamides is 1. The molecule has 1 aromatic rings. The van der Waals surface area contributed by atoms with E-state index < -0.39 is 21.8 Å². The Labute approximate surface area is 141 Å². The fourth-order valence-electron chi connectivity index (χ4n) is 2.68. The lowest BCUT2D eigenvalue weighted by molar-refractivity contribution is 0.0596. The molecule has 1 heterocycles. The van der Waals surface area contributed by atoms with E-state index in [-0.39, 0.29) is 28.9 Å². The Bertz CT molecular complexity index is 669. The van der Waals surface area contributed by atoms with Crippen molar-refractivity contribution in [3.63, 3.8) is 0 Å². The summed E-state index contributed by atoms with van der Waals surface area (Å²) in [7, 11) is -1.07. The van der Waals surface area contributed by atoms with Crippen LogP contribution >= 0.6 is 12.4 Å².